The van der Waals surface area contributed by atoms with Crippen LogP contribution in [0.1, 0.15) is 22.3 Å². The van der Waals surface area contributed by atoms with Gasteiger partial charge in [0.1, 0.15) is 5.65 Å². The molecule has 0 atom stereocenters. The van der Waals surface area contributed by atoms with Crippen LogP contribution in [0.4, 0.5) is 0 Å². The molecule has 0 fully saturated rings. The highest BCUT2D eigenvalue weighted by atomic mass is 15.0. The highest BCUT2D eigenvalue weighted by Gasteiger charge is 2.30. The second-order valence-corrected chi connectivity index (χ2v) is 9.68. The highest BCUT2D eigenvalue weighted by Crippen LogP contribution is 2.50. The van der Waals surface area contributed by atoms with E-state index in [0.717, 1.165) is 35.0 Å². The van der Waals surface area contributed by atoms with Crippen molar-refractivity contribution < 1.29 is 0 Å². The molecule has 3 aromatic carbocycles. The molecule has 0 saturated carbocycles. The molecule has 0 radical (unpaired) electrons. The van der Waals surface area contributed by atoms with E-state index in [9.17, 15) is 0 Å². The Morgan fingerprint density at radius 1 is 0.629 bits per heavy atom. The molecule has 35 heavy (non-hydrogen) atoms. The molecular weight excluding hydrogens is 428 g/mol. The van der Waals surface area contributed by atoms with Gasteiger partial charge in [-0.25, -0.2) is 4.98 Å². The monoisotopic (exact) mass is 446 g/mol. The number of hydrogen-bond donors (Lipinski definition) is 0. The second-order valence-electron chi connectivity index (χ2n) is 9.68. The summed E-state index contributed by atoms with van der Waals surface area (Å²) in [7, 11) is 0. The van der Waals surface area contributed by atoms with Gasteiger partial charge in [0.05, 0.1) is 28.9 Å². The summed E-state index contributed by atoms with van der Waals surface area (Å²) in [6.07, 6.45) is 9.58. The number of nitrogens with zero attached hydrogens (tertiary/aromatic N) is 4. The first-order valence-electron chi connectivity index (χ1n) is 12.0. The Hall–Kier alpha value is -4.57. The van der Waals surface area contributed by atoms with Gasteiger partial charge >= 0.3 is 0 Å². The molecule has 2 aliphatic carbocycles. The number of benzene rings is 3. The minimum atomic E-state index is 0.953. The van der Waals surface area contributed by atoms with Crippen molar-refractivity contribution in [1.82, 2.24) is 19.4 Å². The van der Waals surface area contributed by atoms with Gasteiger partial charge in [0.15, 0.2) is 0 Å². The molecule has 162 valence electrons. The summed E-state index contributed by atoms with van der Waals surface area (Å²) in [4.78, 5) is 13.9. The smallest absolute Gasteiger partial charge is 0.146 e. The van der Waals surface area contributed by atoms with E-state index in [1.807, 2.05) is 30.9 Å². The van der Waals surface area contributed by atoms with E-state index in [0.29, 0.717) is 0 Å². The van der Waals surface area contributed by atoms with Crippen molar-refractivity contribution >= 4 is 38.4 Å². The Bertz CT molecular complexity index is 2070. The fourth-order valence-electron chi connectivity index (χ4n) is 6.59. The van der Waals surface area contributed by atoms with Gasteiger partial charge in [-0.2, -0.15) is 0 Å². The number of aromatic nitrogens is 4. The van der Waals surface area contributed by atoms with Crippen molar-refractivity contribution in [3.8, 4) is 22.3 Å². The zero-order valence-corrected chi connectivity index (χ0v) is 18.8. The van der Waals surface area contributed by atoms with Crippen LogP contribution in [-0.4, -0.2) is 19.4 Å². The summed E-state index contributed by atoms with van der Waals surface area (Å²) in [6.45, 7) is 0. The van der Waals surface area contributed by atoms with Gasteiger partial charge in [-0.3, -0.25) is 14.4 Å². The number of fused-ring (bicyclic) bond motifs is 16. The van der Waals surface area contributed by atoms with Crippen LogP contribution in [0.5, 0.6) is 0 Å². The molecule has 0 N–H and O–H groups in total. The van der Waals surface area contributed by atoms with Crippen molar-refractivity contribution in [2.24, 2.45) is 0 Å². The SMILES string of the molecule is c1ccc2c(c1)Cc1c-2ccc2c1Cc1ccc3c(c1-2)c1ccncc1n1c2cnccc2nc31. The van der Waals surface area contributed by atoms with Crippen molar-refractivity contribution in [2.75, 3.05) is 0 Å². The van der Waals surface area contributed by atoms with Crippen LogP contribution in [0.25, 0.3) is 60.6 Å². The van der Waals surface area contributed by atoms with Crippen LogP contribution in [0, 0.1) is 0 Å². The minimum Gasteiger partial charge on any atom is -0.289 e. The maximum atomic E-state index is 5.06. The molecular formula is C31H18N4. The van der Waals surface area contributed by atoms with Crippen LogP contribution >= 0.6 is 0 Å². The van der Waals surface area contributed by atoms with E-state index in [-0.39, 0.29) is 0 Å². The van der Waals surface area contributed by atoms with Gasteiger partial charge < -0.3 is 0 Å². The van der Waals surface area contributed by atoms with Crippen molar-refractivity contribution in [3.05, 3.63) is 108 Å². The molecule has 4 nitrogen and oxygen atoms in total. The quantitative estimate of drug-likeness (QED) is 0.243. The molecule has 0 amide bonds. The summed E-state index contributed by atoms with van der Waals surface area (Å²) in [6, 6.07) is 22.3. The van der Waals surface area contributed by atoms with Crippen molar-refractivity contribution in [1.29, 1.82) is 0 Å². The molecule has 0 unspecified atom stereocenters. The lowest BCUT2D eigenvalue weighted by molar-refractivity contribution is 1.16. The summed E-state index contributed by atoms with van der Waals surface area (Å²) in [5, 5.41) is 3.67. The molecule has 0 aliphatic heterocycles. The second kappa shape index (κ2) is 6.10. The van der Waals surface area contributed by atoms with Gasteiger partial charge in [0.25, 0.3) is 0 Å². The molecule has 0 saturated heterocycles. The number of imidazole rings is 1. The Balaban J connectivity index is 1.44. The van der Waals surface area contributed by atoms with Crippen LogP contribution in [0.15, 0.2) is 85.5 Å². The molecule has 7 aromatic rings. The van der Waals surface area contributed by atoms with Gasteiger partial charge in [-0.15, -0.1) is 0 Å². The summed E-state index contributed by atoms with van der Waals surface area (Å²) in [5.74, 6) is 0. The Kier molecular flexibility index (Phi) is 3.11. The lowest BCUT2D eigenvalue weighted by Gasteiger charge is -2.13. The van der Waals surface area contributed by atoms with Crippen molar-refractivity contribution in [2.45, 2.75) is 12.8 Å². The number of rotatable bonds is 0. The maximum absolute atomic E-state index is 5.06. The first-order valence-corrected chi connectivity index (χ1v) is 12.0. The van der Waals surface area contributed by atoms with Crippen LogP contribution in [0.3, 0.4) is 0 Å². The third-order valence-corrected chi connectivity index (χ3v) is 8.04. The average Bonchev–Trinajstić information content (AvgIpc) is 3.59. The van der Waals surface area contributed by atoms with Gasteiger partial charge in [-0.05, 0) is 69.5 Å². The Morgan fingerprint density at radius 3 is 2.40 bits per heavy atom. The van der Waals surface area contributed by atoms with E-state index in [1.165, 1.54) is 60.7 Å². The Labute approximate surface area is 200 Å². The van der Waals surface area contributed by atoms with Gasteiger partial charge in [0, 0.05) is 28.6 Å². The molecule has 0 spiro atoms. The molecule has 0 bridgehead atoms. The van der Waals surface area contributed by atoms with Crippen LogP contribution in [-0.2, 0) is 12.8 Å². The zero-order chi connectivity index (χ0) is 22.7. The van der Waals surface area contributed by atoms with E-state index >= 15 is 0 Å². The van der Waals surface area contributed by atoms with Crippen LogP contribution < -0.4 is 0 Å². The predicted octanol–water partition coefficient (Wildman–Crippen LogP) is 6.73. The number of pyridine rings is 3. The lowest BCUT2D eigenvalue weighted by atomic mass is 9.93. The summed E-state index contributed by atoms with van der Waals surface area (Å²) in [5.41, 5.74) is 15.4. The average molecular weight is 447 g/mol. The fourth-order valence-corrected chi connectivity index (χ4v) is 6.59. The molecule has 4 heteroatoms. The summed E-state index contributed by atoms with van der Waals surface area (Å²) < 4.78 is 2.22. The third-order valence-electron chi connectivity index (χ3n) is 8.04. The van der Waals surface area contributed by atoms with E-state index in [4.69, 9.17) is 4.98 Å². The normalized spacial score (nSPS) is 13.5. The lowest BCUT2D eigenvalue weighted by Crippen LogP contribution is -1.94. The largest absolute Gasteiger partial charge is 0.289 e. The first-order chi connectivity index (χ1) is 17.4. The minimum absolute atomic E-state index is 0.953. The molecule has 4 heterocycles. The van der Waals surface area contributed by atoms with E-state index in [1.54, 1.807) is 0 Å². The van der Waals surface area contributed by atoms with E-state index in [2.05, 4.69) is 69.0 Å². The first kappa shape index (κ1) is 17.8. The molecule has 2 aliphatic rings. The summed E-state index contributed by atoms with van der Waals surface area (Å²) >= 11 is 0. The molecule has 4 aromatic heterocycles. The highest BCUT2D eigenvalue weighted by molar-refractivity contribution is 6.20. The third kappa shape index (κ3) is 2.11. The van der Waals surface area contributed by atoms with Crippen LogP contribution in [0.2, 0.25) is 0 Å². The standard InChI is InChI=1S/C31H18N4/c1-2-4-19-17(3-1)13-24-20(19)7-8-21-25(24)14-18-5-6-23-30(29(18)21)22-9-11-32-15-27(22)35-28-16-33-12-10-26(28)34-31(23)35/h1-12,15-16H,13-14H2. The van der Waals surface area contributed by atoms with E-state index < -0.39 is 0 Å². The Morgan fingerprint density at radius 2 is 1.43 bits per heavy atom. The topological polar surface area (TPSA) is 43.1 Å². The predicted molar refractivity (Wildman–Crippen MR) is 140 cm³/mol. The van der Waals surface area contributed by atoms with Gasteiger partial charge in [0.2, 0.25) is 0 Å². The molecule has 9 rings (SSSR count). The van der Waals surface area contributed by atoms with Crippen molar-refractivity contribution in [3.63, 3.8) is 0 Å². The maximum Gasteiger partial charge on any atom is 0.146 e. The fraction of sp³-hybridized carbons (Fsp3) is 0.0645. The number of hydrogen-bond acceptors (Lipinski definition) is 3. The zero-order valence-electron chi connectivity index (χ0n) is 18.8. The van der Waals surface area contributed by atoms with Gasteiger partial charge in [-0.1, -0.05) is 48.5 Å².